The van der Waals surface area contributed by atoms with Gasteiger partial charge in [-0.3, -0.25) is 14.4 Å². The Morgan fingerprint density at radius 2 is 1.88 bits per heavy atom. The Bertz CT molecular complexity index is 1300. The third kappa shape index (κ3) is 4.35. The number of hydrogen-bond acceptors (Lipinski definition) is 6. The maximum absolute atomic E-state index is 14.1. The van der Waals surface area contributed by atoms with Crippen LogP contribution in [0.4, 0.5) is 11.4 Å². The van der Waals surface area contributed by atoms with E-state index in [1.807, 2.05) is 26.8 Å². The molecule has 3 amide bonds. The summed E-state index contributed by atoms with van der Waals surface area (Å²) in [5.74, 6) is -2.13. The average Bonchev–Trinajstić information content (AvgIpc) is 3.55. The highest BCUT2D eigenvalue weighted by atomic mass is 35.5. The third-order valence-corrected chi connectivity index (χ3v) is 9.11. The fourth-order valence-electron chi connectivity index (χ4n) is 6.92. The first-order valence-electron chi connectivity index (χ1n) is 13.8. The summed E-state index contributed by atoms with van der Waals surface area (Å²) in [6.45, 7) is 7.55. The molecule has 6 atom stereocenters. The molecule has 40 heavy (non-hydrogen) atoms. The van der Waals surface area contributed by atoms with E-state index in [2.05, 4.69) is 10.6 Å². The summed E-state index contributed by atoms with van der Waals surface area (Å²) in [5, 5.41) is 16.4. The van der Waals surface area contributed by atoms with Crippen LogP contribution in [0.5, 0.6) is 5.75 Å². The zero-order chi connectivity index (χ0) is 28.8. The number of carbonyl (C=O) groups excluding carboxylic acids is 3. The molecule has 3 aliphatic rings. The molecule has 10 heteroatoms. The number of amides is 3. The van der Waals surface area contributed by atoms with Crippen LogP contribution in [0.3, 0.4) is 0 Å². The quantitative estimate of drug-likeness (QED) is 0.417. The molecule has 214 valence electrons. The second-order valence-electron chi connectivity index (χ2n) is 11.0. The number of carbonyl (C=O) groups is 3. The van der Waals surface area contributed by atoms with E-state index in [1.54, 1.807) is 43.3 Å². The zero-order valence-electron chi connectivity index (χ0n) is 23.2. The van der Waals surface area contributed by atoms with Gasteiger partial charge in [-0.2, -0.15) is 0 Å². The summed E-state index contributed by atoms with van der Waals surface area (Å²) in [6.07, 6.45) is 1.48. The SMILES string of the molecule is CCOc1ccc(NC(=O)[C@@H]2[C@H]3C(=O)N([C@H](C)CO)C(C(=O)Nc4c(C)cccc4Cl)C34CC[C@@]2(CC)O4)cc1. The molecule has 3 heterocycles. The summed E-state index contributed by atoms with van der Waals surface area (Å²) in [5.41, 5.74) is -0.290. The number of rotatable bonds is 9. The Hall–Kier alpha value is -3.14. The summed E-state index contributed by atoms with van der Waals surface area (Å²) in [6, 6.07) is 10.7. The Morgan fingerprint density at radius 1 is 1.15 bits per heavy atom. The highest BCUT2D eigenvalue weighted by Crippen LogP contribution is 2.64. The van der Waals surface area contributed by atoms with Crippen molar-refractivity contribution < 1.29 is 29.0 Å². The van der Waals surface area contributed by atoms with Crippen LogP contribution < -0.4 is 15.4 Å². The van der Waals surface area contributed by atoms with Crippen molar-refractivity contribution in [2.24, 2.45) is 11.8 Å². The number of para-hydroxylation sites is 1. The first kappa shape index (κ1) is 28.4. The number of likely N-dealkylation sites (tertiary alicyclic amines) is 1. The maximum Gasteiger partial charge on any atom is 0.250 e. The minimum absolute atomic E-state index is 0.328. The number of halogens is 1. The number of hydrogen-bond donors (Lipinski definition) is 3. The molecule has 0 saturated carbocycles. The maximum atomic E-state index is 14.1. The van der Waals surface area contributed by atoms with Crippen LogP contribution >= 0.6 is 11.6 Å². The van der Waals surface area contributed by atoms with Crippen molar-refractivity contribution in [1.29, 1.82) is 0 Å². The van der Waals surface area contributed by atoms with Gasteiger partial charge in [-0.1, -0.05) is 30.7 Å². The fourth-order valence-corrected chi connectivity index (χ4v) is 7.19. The molecule has 3 aliphatic heterocycles. The van der Waals surface area contributed by atoms with Crippen LogP contribution in [-0.2, 0) is 19.1 Å². The fraction of sp³-hybridized carbons (Fsp3) is 0.500. The Balaban J connectivity index is 1.51. The second-order valence-corrected chi connectivity index (χ2v) is 11.4. The third-order valence-electron chi connectivity index (χ3n) is 8.79. The molecule has 9 nitrogen and oxygen atoms in total. The van der Waals surface area contributed by atoms with Crippen LogP contribution in [0.25, 0.3) is 0 Å². The van der Waals surface area contributed by atoms with Gasteiger partial charge >= 0.3 is 0 Å². The van der Waals surface area contributed by atoms with E-state index in [4.69, 9.17) is 21.1 Å². The molecule has 0 aliphatic carbocycles. The Labute approximate surface area is 239 Å². The lowest BCUT2D eigenvalue weighted by Gasteiger charge is -2.36. The molecule has 0 aromatic heterocycles. The van der Waals surface area contributed by atoms with Crippen molar-refractivity contribution in [2.45, 2.75) is 70.2 Å². The zero-order valence-corrected chi connectivity index (χ0v) is 24.0. The number of aryl methyl sites for hydroxylation is 1. The first-order valence-corrected chi connectivity index (χ1v) is 14.2. The van der Waals surface area contributed by atoms with Crippen LogP contribution in [0, 0.1) is 18.8 Å². The van der Waals surface area contributed by atoms with E-state index in [0.29, 0.717) is 48.0 Å². The van der Waals surface area contributed by atoms with Crippen LogP contribution in [0.2, 0.25) is 5.02 Å². The lowest BCUT2D eigenvalue weighted by Crippen LogP contribution is -2.56. The summed E-state index contributed by atoms with van der Waals surface area (Å²) < 4.78 is 12.2. The van der Waals surface area contributed by atoms with Crippen molar-refractivity contribution in [3.05, 3.63) is 53.1 Å². The Morgan fingerprint density at radius 3 is 2.50 bits per heavy atom. The van der Waals surface area contributed by atoms with Crippen LogP contribution in [0.15, 0.2) is 42.5 Å². The van der Waals surface area contributed by atoms with Gasteiger partial charge in [0, 0.05) is 5.69 Å². The van der Waals surface area contributed by atoms with Crippen molar-refractivity contribution in [1.82, 2.24) is 4.90 Å². The Kier molecular flexibility index (Phi) is 7.58. The van der Waals surface area contributed by atoms with Crippen molar-refractivity contribution in [3.63, 3.8) is 0 Å². The number of benzene rings is 2. The smallest absolute Gasteiger partial charge is 0.250 e. The molecular weight excluding hydrogens is 534 g/mol. The van der Waals surface area contributed by atoms with E-state index < -0.39 is 41.0 Å². The monoisotopic (exact) mass is 569 g/mol. The standard InChI is InChI=1S/C30H36ClN3O6/c1-5-29-14-15-30(40-29)23(22(29)26(36)32-19-10-12-20(13-11-19)39-6-2)28(38)34(18(4)16-35)25(30)27(37)33-24-17(3)8-7-9-21(24)31/h7-13,18,22-23,25,35H,5-6,14-16H2,1-4H3,(H,32,36)(H,33,37)/t18-,22+,23+,25?,29-,30?/m1/s1. The van der Waals surface area contributed by atoms with Gasteiger partial charge < -0.3 is 30.1 Å². The normalized spacial score (nSPS) is 29.3. The minimum atomic E-state index is -1.21. The van der Waals surface area contributed by atoms with Gasteiger partial charge in [0.1, 0.15) is 17.4 Å². The molecule has 2 aromatic rings. The minimum Gasteiger partial charge on any atom is -0.494 e. The van der Waals surface area contributed by atoms with Gasteiger partial charge in [-0.15, -0.1) is 0 Å². The van der Waals surface area contributed by atoms with Crippen molar-refractivity contribution in [3.8, 4) is 5.75 Å². The van der Waals surface area contributed by atoms with Gasteiger partial charge in [-0.05, 0) is 75.9 Å². The van der Waals surface area contributed by atoms with E-state index in [1.165, 1.54) is 4.90 Å². The number of ether oxygens (including phenoxy) is 2. The number of aliphatic hydroxyl groups excluding tert-OH is 1. The largest absolute Gasteiger partial charge is 0.494 e. The predicted octanol–water partition coefficient (Wildman–Crippen LogP) is 4.16. The molecule has 2 unspecified atom stereocenters. The molecule has 0 radical (unpaired) electrons. The molecule has 3 N–H and O–H groups in total. The molecule has 2 bridgehead atoms. The summed E-state index contributed by atoms with van der Waals surface area (Å²) in [4.78, 5) is 43.5. The van der Waals surface area contributed by atoms with Crippen LogP contribution in [-0.4, -0.2) is 64.2 Å². The molecule has 1 spiro atoms. The van der Waals surface area contributed by atoms with Crippen LogP contribution in [0.1, 0.15) is 45.6 Å². The lowest BCUT2D eigenvalue weighted by atomic mass is 9.65. The van der Waals surface area contributed by atoms with E-state index in [-0.39, 0.29) is 18.4 Å². The topological polar surface area (TPSA) is 117 Å². The molecule has 3 fully saturated rings. The van der Waals surface area contributed by atoms with Gasteiger partial charge in [0.05, 0.1) is 47.4 Å². The number of nitrogens with one attached hydrogen (secondary N) is 2. The first-order chi connectivity index (χ1) is 19.1. The molecule has 3 saturated heterocycles. The van der Waals surface area contributed by atoms with Gasteiger partial charge in [0.25, 0.3) is 0 Å². The lowest BCUT2D eigenvalue weighted by molar-refractivity contribution is -0.147. The average molecular weight is 570 g/mol. The van der Waals surface area contributed by atoms with Gasteiger partial charge in [0.2, 0.25) is 17.7 Å². The van der Waals surface area contributed by atoms with Crippen molar-refractivity contribution in [2.75, 3.05) is 23.8 Å². The van der Waals surface area contributed by atoms with E-state index in [9.17, 15) is 19.5 Å². The number of nitrogens with zero attached hydrogens (tertiary/aromatic N) is 1. The highest BCUT2D eigenvalue weighted by molar-refractivity contribution is 6.34. The van der Waals surface area contributed by atoms with Gasteiger partial charge in [0.15, 0.2) is 0 Å². The second kappa shape index (κ2) is 10.7. The summed E-state index contributed by atoms with van der Waals surface area (Å²) >= 11 is 6.41. The van der Waals surface area contributed by atoms with Crippen molar-refractivity contribution >= 4 is 40.7 Å². The molecule has 5 rings (SSSR count). The van der Waals surface area contributed by atoms with Gasteiger partial charge in [-0.25, -0.2) is 0 Å². The highest BCUT2D eigenvalue weighted by Gasteiger charge is 2.79. The van der Waals surface area contributed by atoms with E-state index in [0.717, 1.165) is 5.56 Å². The number of fused-ring (bicyclic) bond motifs is 1. The summed E-state index contributed by atoms with van der Waals surface area (Å²) in [7, 11) is 0. The number of aliphatic hydroxyl groups is 1. The molecule has 2 aromatic carbocycles. The molecular formula is C30H36ClN3O6. The predicted molar refractivity (Wildman–Crippen MR) is 151 cm³/mol. The van der Waals surface area contributed by atoms with E-state index >= 15 is 0 Å². The number of anilines is 2.